The summed E-state index contributed by atoms with van der Waals surface area (Å²) in [6.07, 6.45) is 46.0. The largest absolute Gasteiger partial charge is 2.00 e. The monoisotopic (exact) mass is 692 g/mol. The Bertz CT molecular complexity index is 670. The van der Waals surface area contributed by atoms with Crippen LogP contribution in [0, 0.1) is 0 Å². The van der Waals surface area contributed by atoms with E-state index < -0.39 is 11.9 Å². The second-order valence-corrected chi connectivity index (χ2v) is 10.1. The van der Waals surface area contributed by atoms with Crippen LogP contribution in [0.3, 0.4) is 0 Å². The Morgan fingerprint density at radius 1 is 0.415 bits per heavy atom. The van der Waals surface area contributed by atoms with Gasteiger partial charge in [0.2, 0.25) is 0 Å². The summed E-state index contributed by atoms with van der Waals surface area (Å²) in [6, 6.07) is 0. The predicted molar refractivity (Wildman–Crippen MR) is 174 cm³/mol. The Labute approximate surface area is 293 Å². The summed E-state index contributed by atoms with van der Waals surface area (Å²) in [5.74, 6) is -1.85. The topological polar surface area (TPSA) is 80.3 Å². The molecule has 228 valence electrons. The Kier molecular flexibility index (Phi) is 44.5. The van der Waals surface area contributed by atoms with Crippen molar-refractivity contribution in [3.63, 3.8) is 0 Å². The molecule has 0 aliphatic heterocycles. The van der Waals surface area contributed by atoms with Crippen LogP contribution in [0.2, 0.25) is 0 Å². The van der Waals surface area contributed by atoms with Gasteiger partial charge in [0.15, 0.2) is 0 Å². The van der Waals surface area contributed by atoms with Gasteiger partial charge in [-0.3, -0.25) is 0 Å². The van der Waals surface area contributed by atoms with E-state index in [-0.39, 0.29) is 61.7 Å². The summed E-state index contributed by atoms with van der Waals surface area (Å²) in [6.45, 7) is 4.41. The quantitative estimate of drug-likeness (QED) is 0.0520. The average molecular weight is 692 g/mol. The van der Waals surface area contributed by atoms with Crippen LogP contribution < -0.4 is 10.2 Å². The van der Waals surface area contributed by atoms with E-state index >= 15 is 0 Å². The SMILES string of the molecule is CCCCC=CC=CC=CCCCCCCCC(=O)[O-].CCCCC=CC=CC=CCCCCCCCC(=O)[O-].[Ba+2]. The van der Waals surface area contributed by atoms with E-state index in [4.69, 9.17) is 0 Å². The van der Waals surface area contributed by atoms with E-state index in [0.29, 0.717) is 0 Å². The number of aliphatic carboxylic acids is 2. The Morgan fingerprint density at radius 2 is 0.683 bits per heavy atom. The molecule has 0 spiro atoms. The first-order valence-corrected chi connectivity index (χ1v) is 15.9. The Morgan fingerprint density at radius 3 is 0.976 bits per heavy atom. The molecule has 4 nitrogen and oxygen atoms in total. The first kappa shape index (κ1) is 44.4. The maximum absolute atomic E-state index is 10.2. The molecule has 0 heterocycles. The Hall–Kier alpha value is -1.05. The van der Waals surface area contributed by atoms with Crippen molar-refractivity contribution in [1.29, 1.82) is 0 Å². The molecular weight excluding hydrogens is 634 g/mol. The van der Waals surface area contributed by atoms with Crippen molar-refractivity contribution in [3.05, 3.63) is 72.9 Å². The van der Waals surface area contributed by atoms with Crippen molar-refractivity contribution < 1.29 is 19.8 Å². The van der Waals surface area contributed by atoms with Crippen LogP contribution in [0.4, 0.5) is 0 Å². The second-order valence-electron chi connectivity index (χ2n) is 10.1. The fourth-order valence-electron chi connectivity index (χ4n) is 3.72. The van der Waals surface area contributed by atoms with E-state index in [9.17, 15) is 19.8 Å². The normalized spacial score (nSPS) is 11.8. The van der Waals surface area contributed by atoms with Gasteiger partial charge in [-0.2, -0.15) is 0 Å². The van der Waals surface area contributed by atoms with Crippen molar-refractivity contribution in [2.45, 2.75) is 142 Å². The smallest absolute Gasteiger partial charge is 0.550 e. The number of carbonyl (C=O) groups is 2. The minimum atomic E-state index is -0.927. The van der Waals surface area contributed by atoms with Gasteiger partial charge in [0, 0.05) is 11.9 Å². The number of carboxylic acid groups (broad SMARTS) is 2. The van der Waals surface area contributed by atoms with Gasteiger partial charge in [0.05, 0.1) is 0 Å². The molecule has 0 aromatic carbocycles. The standard InChI is InChI=1S/2C18H30O2.Ba/c2*1-2-3-4-5-6-7-8-9-10-11-12-13-14-15-16-17-18(19)20;/h2*5-10H,2-4,11-17H2,1H3,(H,19,20);/q;;+2/p-2. The van der Waals surface area contributed by atoms with E-state index in [2.05, 4.69) is 86.8 Å². The maximum atomic E-state index is 10.2. The maximum Gasteiger partial charge on any atom is 2.00 e. The molecule has 0 rings (SSSR count). The fraction of sp³-hybridized carbons (Fsp3) is 0.611. The van der Waals surface area contributed by atoms with E-state index in [1.54, 1.807) is 0 Å². The number of carbonyl (C=O) groups excluding carboxylic acids is 2. The van der Waals surface area contributed by atoms with Crippen LogP contribution in [-0.2, 0) is 9.59 Å². The van der Waals surface area contributed by atoms with Crippen molar-refractivity contribution in [2.24, 2.45) is 0 Å². The summed E-state index contributed by atoms with van der Waals surface area (Å²) < 4.78 is 0. The average Bonchev–Trinajstić information content (AvgIpc) is 2.93. The van der Waals surface area contributed by atoms with Crippen molar-refractivity contribution in [3.8, 4) is 0 Å². The van der Waals surface area contributed by atoms with Crippen molar-refractivity contribution >= 4 is 60.8 Å². The zero-order chi connectivity index (χ0) is 29.8. The summed E-state index contributed by atoms with van der Waals surface area (Å²) in [5.41, 5.74) is 0. The zero-order valence-corrected chi connectivity index (χ0v) is 30.9. The third kappa shape index (κ3) is 49.0. The number of hydrogen-bond donors (Lipinski definition) is 0. The molecule has 0 radical (unpaired) electrons. The van der Waals surface area contributed by atoms with Gasteiger partial charge in [-0.25, -0.2) is 0 Å². The molecule has 0 fully saturated rings. The number of hydrogen-bond acceptors (Lipinski definition) is 4. The number of unbranched alkanes of at least 4 members (excludes halogenated alkanes) is 14. The minimum Gasteiger partial charge on any atom is -0.550 e. The molecule has 0 atom stereocenters. The molecule has 0 N–H and O–H groups in total. The summed E-state index contributed by atoms with van der Waals surface area (Å²) in [5, 5.41) is 20.4. The zero-order valence-electron chi connectivity index (χ0n) is 26.4. The molecular formula is C36H58BaO4. The molecule has 0 amide bonds. The van der Waals surface area contributed by atoms with Crippen LogP contribution in [0.15, 0.2) is 72.9 Å². The molecule has 0 aliphatic rings. The first-order valence-electron chi connectivity index (χ1n) is 15.9. The van der Waals surface area contributed by atoms with Gasteiger partial charge in [0.1, 0.15) is 0 Å². The molecule has 0 saturated carbocycles. The van der Waals surface area contributed by atoms with Gasteiger partial charge >= 0.3 is 48.9 Å². The summed E-state index contributed by atoms with van der Waals surface area (Å²) in [4.78, 5) is 20.4. The Balaban J connectivity index is -0.000000688. The van der Waals surface area contributed by atoms with Crippen molar-refractivity contribution in [1.82, 2.24) is 0 Å². The van der Waals surface area contributed by atoms with Crippen LogP contribution in [0.5, 0.6) is 0 Å². The van der Waals surface area contributed by atoms with Gasteiger partial charge in [-0.15, -0.1) is 0 Å². The first-order chi connectivity index (χ1) is 19.5. The second kappa shape index (κ2) is 41.1. The van der Waals surface area contributed by atoms with Gasteiger partial charge in [-0.05, 0) is 64.2 Å². The number of carboxylic acids is 2. The third-order valence-corrected chi connectivity index (χ3v) is 6.16. The third-order valence-electron chi connectivity index (χ3n) is 6.16. The molecule has 0 aliphatic carbocycles. The van der Waals surface area contributed by atoms with Gasteiger partial charge < -0.3 is 19.8 Å². The van der Waals surface area contributed by atoms with Crippen LogP contribution >= 0.6 is 0 Å². The van der Waals surface area contributed by atoms with Crippen LogP contribution in [0.1, 0.15) is 142 Å². The van der Waals surface area contributed by atoms with Crippen molar-refractivity contribution in [2.75, 3.05) is 0 Å². The molecule has 0 bridgehead atoms. The molecule has 5 heteroatoms. The summed E-state index contributed by atoms with van der Waals surface area (Å²) in [7, 11) is 0. The van der Waals surface area contributed by atoms with E-state index in [0.717, 1.165) is 51.4 Å². The number of rotatable bonds is 26. The van der Waals surface area contributed by atoms with Crippen LogP contribution in [-0.4, -0.2) is 60.8 Å². The van der Waals surface area contributed by atoms with E-state index in [1.165, 1.54) is 64.2 Å². The summed E-state index contributed by atoms with van der Waals surface area (Å²) >= 11 is 0. The van der Waals surface area contributed by atoms with Gasteiger partial charge in [0.25, 0.3) is 0 Å². The van der Waals surface area contributed by atoms with E-state index in [1.807, 2.05) is 0 Å². The van der Waals surface area contributed by atoms with Crippen LogP contribution in [0.25, 0.3) is 0 Å². The fourth-order valence-corrected chi connectivity index (χ4v) is 3.72. The molecule has 0 saturated heterocycles. The number of allylic oxidation sites excluding steroid dienone is 12. The molecule has 0 aromatic heterocycles. The van der Waals surface area contributed by atoms with Gasteiger partial charge in [-0.1, -0.05) is 151 Å². The predicted octanol–water partition coefficient (Wildman–Crippen LogP) is 8.27. The molecule has 41 heavy (non-hydrogen) atoms. The molecule has 0 aromatic rings. The minimum absolute atomic E-state index is 0. The molecule has 0 unspecified atom stereocenters.